The zero-order valence-electron chi connectivity index (χ0n) is 18.1. The number of hydrogen-bond donors (Lipinski definition) is 1. The minimum absolute atomic E-state index is 0.0881. The maximum absolute atomic E-state index is 13.0. The van der Waals surface area contributed by atoms with Crippen LogP contribution in [-0.2, 0) is 9.59 Å². The van der Waals surface area contributed by atoms with Gasteiger partial charge in [0.2, 0.25) is 5.91 Å². The molecule has 166 valence electrons. The number of ether oxygens (including phenoxy) is 2. The largest absolute Gasteiger partial charge is 0.493 e. The van der Waals surface area contributed by atoms with E-state index in [9.17, 15) is 9.59 Å². The number of methoxy groups -OCH3 is 2. The number of aliphatic imine (C=N–C) groups is 2. The molecule has 1 unspecified atom stereocenters. The summed E-state index contributed by atoms with van der Waals surface area (Å²) in [6.07, 6.45) is 1.54. The maximum Gasteiger partial charge on any atom is 0.259 e. The van der Waals surface area contributed by atoms with Gasteiger partial charge in [0.1, 0.15) is 11.9 Å². The van der Waals surface area contributed by atoms with Gasteiger partial charge in [0.25, 0.3) is 5.91 Å². The Morgan fingerprint density at radius 2 is 1.94 bits per heavy atom. The van der Waals surface area contributed by atoms with Crippen molar-refractivity contribution in [3.8, 4) is 11.5 Å². The normalized spacial score (nSPS) is 16.7. The Labute approximate surface area is 190 Å². The zero-order chi connectivity index (χ0) is 22.7. The number of nitrogens with zero attached hydrogens (tertiary/aromatic N) is 3. The smallest absolute Gasteiger partial charge is 0.259 e. The van der Waals surface area contributed by atoms with E-state index < -0.39 is 6.04 Å². The average Bonchev–Trinajstić information content (AvgIpc) is 3.14. The first kappa shape index (κ1) is 21.9. The lowest BCUT2D eigenvalue weighted by Gasteiger charge is -2.25. The monoisotopic (exact) mass is 452 g/mol. The number of hydrogen-bond acceptors (Lipinski definition) is 7. The Morgan fingerprint density at radius 3 is 2.69 bits per heavy atom. The molecule has 0 bridgehead atoms. The first-order valence-electron chi connectivity index (χ1n) is 10.3. The number of benzene rings is 2. The SMILES string of the molecule is CCCC1N=C2c3ccccc3N=C(SCC(=O)Nc3ccc(OC)c(OC)c3)N2C1=O. The molecule has 2 aromatic rings. The maximum atomic E-state index is 13.0. The van der Waals surface area contributed by atoms with Crippen LogP contribution in [0.15, 0.2) is 52.4 Å². The predicted octanol–water partition coefficient (Wildman–Crippen LogP) is 3.83. The van der Waals surface area contributed by atoms with Crippen molar-refractivity contribution in [1.82, 2.24) is 4.90 Å². The van der Waals surface area contributed by atoms with Crippen LogP contribution in [-0.4, -0.2) is 53.7 Å². The van der Waals surface area contributed by atoms with Crippen LogP contribution in [0.5, 0.6) is 11.5 Å². The highest BCUT2D eigenvalue weighted by Crippen LogP contribution is 2.34. The molecule has 2 aliphatic heterocycles. The topological polar surface area (TPSA) is 92.6 Å². The third-order valence-corrected chi connectivity index (χ3v) is 6.05. The van der Waals surface area contributed by atoms with E-state index in [1.54, 1.807) is 30.2 Å². The van der Waals surface area contributed by atoms with Gasteiger partial charge in [-0.05, 0) is 30.7 Å². The van der Waals surface area contributed by atoms with Crippen molar-refractivity contribution < 1.29 is 19.1 Å². The van der Waals surface area contributed by atoms with Gasteiger partial charge in [0, 0.05) is 17.3 Å². The molecule has 0 aliphatic carbocycles. The van der Waals surface area contributed by atoms with Crippen molar-refractivity contribution in [2.24, 2.45) is 9.98 Å². The predicted molar refractivity (Wildman–Crippen MR) is 126 cm³/mol. The van der Waals surface area contributed by atoms with Gasteiger partial charge >= 0.3 is 0 Å². The van der Waals surface area contributed by atoms with Crippen molar-refractivity contribution in [1.29, 1.82) is 0 Å². The minimum Gasteiger partial charge on any atom is -0.493 e. The Bertz CT molecular complexity index is 1110. The lowest BCUT2D eigenvalue weighted by Crippen LogP contribution is -2.41. The minimum atomic E-state index is -0.410. The fourth-order valence-electron chi connectivity index (χ4n) is 3.60. The summed E-state index contributed by atoms with van der Waals surface area (Å²) in [6.45, 7) is 2.03. The van der Waals surface area contributed by atoms with E-state index in [0.29, 0.717) is 34.6 Å². The molecule has 0 spiro atoms. The molecular weight excluding hydrogens is 428 g/mol. The van der Waals surface area contributed by atoms with Gasteiger partial charge in [-0.3, -0.25) is 14.6 Å². The number of thioether (sulfide) groups is 1. The highest BCUT2D eigenvalue weighted by atomic mass is 32.2. The number of amidine groups is 2. The number of amides is 2. The van der Waals surface area contributed by atoms with E-state index in [1.165, 1.54) is 18.9 Å². The van der Waals surface area contributed by atoms with Crippen molar-refractivity contribution >= 4 is 46.0 Å². The van der Waals surface area contributed by atoms with Crippen LogP contribution in [0.4, 0.5) is 11.4 Å². The van der Waals surface area contributed by atoms with Crippen molar-refractivity contribution in [2.45, 2.75) is 25.8 Å². The lowest BCUT2D eigenvalue weighted by atomic mass is 10.1. The second kappa shape index (κ2) is 9.44. The van der Waals surface area contributed by atoms with Gasteiger partial charge in [0.15, 0.2) is 16.7 Å². The summed E-state index contributed by atoms with van der Waals surface area (Å²) in [5.41, 5.74) is 2.17. The first-order valence-corrected chi connectivity index (χ1v) is 11.3. The van der Waals surface area contributed by atoms with Crippen LogP contribution in [0, 0.1) is 0 Å². The van der Waals surface area contributed by atoms with E-state index in [0.717, 1.165) is 17.7 Å². The van der Waals surface area contributed by atoms with Gasteiger partial charge in [-0.25, -0.2) is 9.89 Å². The van der Waals surface area contributed by atoms with Crippen LogP contribution >= 0.6 is 11.8 Å². The van der Waals surface area contributed by atoms with Gasteiger partial charge in [-0.2, -0.15) is 0 Å². The highest BCUT2D eigenvalue weighted by Gasteiger charge is 2.40. The van der Waals surface area contributed by atoms with Crippen molar-refractivity contribution in [3.63, 3.8) is 0 Å². The first-order chi connectivity index (χ1) is 15.5. The molecule has 8 nitrogen and oxygen atoms in total. The van der Waals surface area contributed by atoms with Crippen molar-refractivity contribution in [3.05, 3.63) is 48.0 Å². The van der Waals surface area contributed by atoms with E-state index in [4.69, 9.17) is 9.47 Å². The van der Waals surface area contributed by atoms with Gasteiger partial charge in [-0.15, -0.1) is 0 Å². The zero-order valence-corrected chi connectivity index (χ0v) is 18.9. The summed E-state index contributed by atoms with van der Waals surface area (Å²) in [6, 6.07) is 12.3. The molecule has 0 radical (unpaired) electrons. The molecule has 2 aromatic carbocycles. The standard InChI is InChI=1S/C23H24N4O4S/c1-4-7-17-22(29)27-21(25-17)15-8-5-6-9-16(15)26-23(27)32-13-20(28)24-14-10-11-18(30-2)19(12-14)31-3/h5-6,8-12,17H,4,7,13H2,1-3H3,(H,24,28). The molecule has 0 saturated carbocycles. The second-order valence-electron chi connectivity index (χ2n) is 7.25. The van der Waals surface area contributed by atoms with Crippen LogP contribution in [0.1, 0.15) is 25.3 Å². The molecular formula is C23H24N4O4S. The Morgan fingerprint density at radius 1 is 1.16 bits per heavy atom. The summed E-state index contributed by atoms with van der Waals surface area (Å²) in [7, 11) is 3.09. The molecule has 0 aromatic heterocycles. The molecule has 2 heterocycles. The van der Waals surface area contributed by atoms with Crippen LogP contribution in [0.25, 0.3) is 0 Å². The summed E-state index contributed by atoms with van der Waals surface area (Å²) < 4.78 is 10.5. The average molecular weight is 453 g/mol. The fraction of sp³-hybridized carbons (Fsp3) is 0.304. The number of para-hydroxylation sites is 1. The third kappa shape index (κ3) is 4.20. The number of carbonyl (C=O) groups is 2. The molecule has 1 atom stereocenters. The summed E-state index contributed by atoms with van der Waals surface area (Å²) in [5, 5.41) is 3.31. The molecule has 32 heavy (non-hydrogen) atoms. The molecule has 2 amide bonds. The fourth-order valence-corrected chi connectivity index (χ4v) is 4.40. The van der Waals surface area contributed by atoms with Gasteiger partial charge in [-0.1, -0.05) is 37.2 Å². The summed E-state index contributed by atoms with van der Waals surface area (Å²) >= 11 is 1.21. The molecule has 0 saturated heterocycles. The van der Waals surface area contributed by atoms with Crippen LogP contribution in [0.3, 0.4) is 0 Å². The van der Waals surface area contributed by atoms with E-state index in [2.05, 4.69) is 15.3 Å². The van der Waals surface area contributed by atoms with E-state index in [-0.39, 0.29) is 17.6 Å². The molecule has 9 heteroatoms. The molecule has 1 N–H and O–H groups in total. The quantitative estimate of drug-likeness (QED) is 0.689. The second-order valence-corrected chi connectivity index (χ2v) is 8.19. The van der Waals surface area contributed by atoms with Gasteiger partial charge < -0.3 is 14.8 Å². The Balaban J connectivity index is 1.50. The Kier molecular flexibility index (Phi) is 6.45. The summed E-state index contributed by atoms with van der Waals surface area (Å²) in [5.74, 6) is 1.49. The molecule has 0 fully saturated rings. The van der Waals surface area contributed by atoms with E-state index >= 15 is 0 Å². The highest BCUT2D eigenvalue weighted by molar-refractivity contribution is 8.14. The van der Waals surface area contributed by atoms with E-state index in [1.807, 2.05) is 31.2 Å². The number of carbonyl (C=O) groups excluding carboxylic acids is 2. The lowest BCUT2D eigenvalue weighted by molar-refractivity contribution is -0.124. The number of fused-ring (bicyclic) bond motifs is 3. The molecule has 2 aliphatic rings. The molecule has 4 rings (SSSR count). The third-order valence-electron chi connectivity index (χ3n) is 5.11. The van der Waals surface area contributed by atoms with Crippen LogP contribution in [0.2, 0.25) is 0 Å². The van der Waals surface area contributed by atoms with Crippen LogP contribution < -0.4 is 14.8 Å². The summed E-state index contributed by atoms with van der Waals surface area (Å²) in [4.78, 5) is 36.5. The number of anilines is 1. The number of rotatable bonds is 7. The Hall–Kier alpha value is -3.33. The van der Waals surface area contributed by atoms with Crippen molar-refractivity contribution in [2.75, 3.05) is 25.3 Å². The van der Waals surface area contributed by atoms with Gasteiger partial charge in [0.05, 0.1) is 25.7 Å². The number of nitrogens with one attached hydrogen (secondary N) is 1.